The number of rotatable bonds is 10. The Morgan fingerprint density at radius 2 is 1.82 bits per heavy atom. The summed E-state index contributed by atoms with van der Waals surface area (Å²) in [6.45, 7) is 6.96. The third-order valence-electron chi connectivity index (χ3n) is 9.14. The summed E-state index contributed by atoms with van der Waals surface area (Å²) in [5.74, 6) is 0.141. The number of carboxylic acid groups (broad SMARTS) is 1. The van der Waals surface area contributed by atoms with Crippen LogP contribution in [0.2, 0.25) is 5.02 Å². The van der Waals surface area contributed by atoms with Crippen molar-refractivity contribution in [1.82, 2.24) is 14.8 Å². The van der Waals surface area contributed by atoms with Gasteiger partial charge in [-0.2, -0.15) is 0 Å². The number of likely N-dealkylation sites (N-methyl/N-ethyl adjacent to an activating group) is 1. The number of hydrogen-bond acceptors (Lipinski definition) is 5. The van der Waals surface area contributed by atoms with E-state index in [2.05, 4.69) is 22.1 Å². The Hall–Kier alpha value is -1.45. The van der Waals surface area contributed by atoms with Crippen LogP contribution in [0.5, 0.6) is 0 Å². The zero-order chi connectivity index (χ0) is 29.1. The van der Waals surface area contributed by atoms with Gasteiger partial charge >= 0.3 is 5.97 Å². The number of halogens is 5. The first-order valence-corrected chi connectivity index (χ1v) is 16.0. The molecule has 1 aliphatic carbocycles. The molecule has 5 nitrogen and oxygen atoms in total. The second kappa shape index (κ2) is 17.5. The topological polar surface area (TPSA) is 56.7 Å². The maximum atomic E-state index is 14.2. The average molecular weight is 708 g/mol. The van der Waals surface area contributed by atoms with Crippen LogP contribution < -0.4 is 0 Å². The lowest BCUT2D eigenvalue weighted by Gasteiger charge is -2.35. The summed E-state index contributed by atoms with van der Waals surface area (Å²) in [5, 5.41) is 11.8. The van der Waals surface area contributed by atoms with Gasteiger partial charge in [0.05, 0.1) is 5.01 Å². The summed E-state index contributed by atoms with van der Waals surface area (Å²) in [4.78, 5) is 22.8. The van der Waals surface area contributed by atoms with E-state index in [0.717, 1.165) is 67.3 Å². The highest BCUT2D eigenvalue weighted by Gasteiger charge is 2.41. The predicted molar refractivity (Wildman–Crippen MR) is 186 cm³/mol. The molecule has 3 unspecified atom stereocenters. The summed E-state index contributed by atoms with van der Waals surface area (Å²) in [5.41, 5.74) is 2.22. The summed E-state index contributed by atoms with van der Waals surface area (Å²) >= 11 is 7.98. The molecule has 4 atom stereocenters. The van der Waals surface area contributed by atoms with E-state index in [4.69, 9.17) is 16.6 Å². The fraction of sp³-hybridized carbons (Fsp3) is 0.515. The van der Waals surface area contributed by atoms with Crippen molar-refractivity contribution in [3.8, 4) is 0 Å². The van der Waals surface area contributed by atoms with Gasteiger partial charge in [0.15, 0.2) is 0 Å². The fourth-order valence-electron chi connectivity index (χ4n) is 7.08. The van der Waals surface area contributed by atoms with Crippen LogP contribution in [0.25, 0.3) is 0 Å². The van der Waals surface area contributed by atoms with Crippen molar-refractivity contribution in [2.24, 2.45) is 11.8 Å². The van der Waals surface area contributed by atoms with Crippen molar-refractivity contribution < 1.29 is 14.3 Å². The van der Waals surface area contributed by atoms with Gasteiger partial charge in [-0.1, -0.05) is 49.7 Å². The van der Waals surface area contributed by atoms with Gasteiger partial charge in [-0.25, -0.2) is 9.37 Å². The Kier molecular flexibility index (Phi) is 15.4. The molecular weight excluding hydrogens is 663 g/mol. The van der Waals surface area contributed by atoms with E-state index in [1.807, 2.05) is 56.5 Å². The van der Waals surface area contributed by atoms with Gasteiger partial charge in [-0.3, -0.25) is 9.69 Å². The van der Waals surface area contributed by atoms with Gasteiger partial charge in [0.1, 0.15) is 11.9 Å². The number of thiazole rings is 1. The molecule has 0 bridgehead atoms. The zero-order valence-corrected chi connectivity index (χ0v) is 29.4. The van der Waals surface area contributed by atoms with Crippen molar-refractivity contribution in [1.29, 1.82) is 0 Å². The maximum Gasteiger partial charge on any atom is 0.321 e. The van der Waals surface area contributed by atoms with E-state index >= 15 is 0 Å². The third-order valence-corrected chi connectivity index (χ3v) is 10.5. The molecule has 1 aromatic heterocycles. The fourth-order valence-corrected chi connectivity index (χ4v) is 8.42. The van der Waals surface area contributed by atoms with Crippen LogP contribution in [-0.4, -0.2) is 64.6 Å². The largest absolute Gasteiger partial charge is 0.480 e. The SMILES string of the molecule is CC(C)[C@H](C(=O)O)N(C)C1CC(CN2CCC(c3cnc(Cc4cccc(Cl)c4)s3)CC2)C(c2cccc(F)c2)C1.Cl.Cl.Cl. The first-order chi connectivity index (χ1) is 19.7. The lowest BCUT2D eigenvalue weighted by Crippen LogP contribution is -2.47. The molecule has 0 radical (unpaired) electrons. The number of carboxylic acids is 1. The molecule has 2 aromatic carbocycles. The minimum atomic E-state index is -0.769. The molecule has 3 aromatic rings. The van der Waals surface area contributed by atoms with Gasteiger partial charge in [-0.15, -0.1) is 48.6 Å². The Balaban J connectivity index is 0.00000225. The minimum Gasteiger partial charge on any atom is -0.480 e. The number of benzene rings is 2. The monoisotopic (exact) mass is 705 g/mol. The predicted octanol–water partition coefficient (Wildman–Crippen LogP) is 8.57. The van der Waals surface area contributed by atoms with Gasteiger partial charge in [0.2, 0.25) is 0 Å². The molecule has 1 saturated heterocycles. The molecular formula is C33H44Cl4FN3O2S. The van der Waals surface area contributed by atoms with Crippen LogP contribution >= 0.6 is 60.2 Å². The number of aromatic nitrogens is 1. The van der Waals surface area contributed by atoms with Gasteiger partial charge in [-0.05, 0) is 105 Å². The smallest absolute Gasteiger partial charge is 0.321 e. The zero-order valence-electron chi connectivity index (χ0n) is 25.4. The van der Waals surface area contributed by atoms with Gasteiger partial charge < -0.3 is 10.0 Å². The summed E-state index contributed by atoms with van der Waals surface area (Å²) < 4.78 is 14.2. The molecule has 5 rings (SSSR count). The van der Waals surface area contributed by atoms with Crippen molar-refractivity contribution >= 4 is 66.1 Å². The number of piperidine rings is 1. The molecule has 244 valence electrons. The van der Waals surface area contributed by atoms with Gasteiger partial charge in [0, 0.05) is 35.1 Å². The number of nitrogens with zero attached hydrogens (tertiary/aromatic N) is 3. The molecule has 0 amide bonds. The molecule has 2 fully saturated rings. The highest BCUT2D eigenvalue weighted by molar-refractivity contribution is 7.11. The normalized spacial score (nSPS) is 21.4. The van der Waals surface area contributed by atoms with Crippen molar-refractivity contribution in [2.45, 2.75) is 69.9 Å². The molecule has 0 spiro atoms. The quantitative estimate of drug-likeness (QED) is 0.229. The van der Waals surface area contributed by atoms with E-state index in [1.54, 1.807) is 12.1 Å². The lowest BCUT2D eigenvalue weighted by molar-refractivity contribution is -0.145. The molecule has 11 heteroatoms. The van der Waals surface area contributed by atoms with E-state index in [9.17, 15) is 14.3 Å². The molecule has 1 saturated carbocycles. The molecule has 1 aliphatic heterocycles. The van der Waals surface area contributed by atoms with E-state index < -0.39 is 12.0 Å². The second-order valence-corrected chi connectivity index (χ2v) is 13.9. The van der Waals surface area contributed by atoms with E-state index in [0.29, 0.717) is 11.8 Å². The summed E-state index contributed by atoms with van der Waals surface area (Å²) in [7, 11) is 1.95. The Labute approximate surface area is 288 Å². The standard InChI is InChI=1S/C33H41ClFN3O2S.3ClH/c1-21(2)32(33(39)40)37(3)28-17-25(29(18-28)24-7-5-9-27(35)16-24)20-38-12-10-23(11-13-38)30-19-36-31(41-30)15-22-6-4-8-26(34)14-22;;;/h4-9,14,16,19,21,23,25,28-29,32H,10-13,15,17-18,20H2,1-3H3,(H,39,40);3*1H/t25?,28?,29?,32-;;;/m1.../s1. The Bertz CT molecular complexity index is 1340. The van der Waals surface area contributed by atoms with Crippen molar-refractivity contribution in [3.05, 3.63) is 86.6 Å². The lowest BCUT2D eigenvalue weighted by atomic mass is 9.87. The van der Waals surface area contributed by atoms with Crippen molar-refractivity contribution in [2.75, 3.05) is 26.7 Å². The van der Waals surface area contributed by atoms with E-state index in [1.165, 1.54) is 16.5 Å². The molecule has 1 N–H and O–H groups in total. The van der Waals surface area contributed by atoms with Crippen LogP contribution in [-0.2, 0) is 11.2 Å². The van der Waals surface area contributed by atoms with Crippen LogP contribution in [0.15, 0.2) is 54.7 Å². The summed E-state index contributed by atoms with van der Waals surface area (Å²) in [6.07, 6.45) is 6.86. The molecule has 2 aliphatic rings. The van der Waals surface area contributed by atoms with Crippen LogP contribution in [0, 0.1) is 17.7 Å². The number of carbonyl (C=O) groups is 1. The van der Waals surface area contributed by atoms with Crippen LogP contribution in [0.4, 0.5) is 4.39 Å². The number of likely N-dealkylation sites (tertiary alicyclic amines) is 1. The summed E-state index contributed by atoms with van der Waals surface area (Å²) in [6, 6.07) is 14.6. The molecule has 44 heavy (non-hydrogen) atoms. The minimum absolute atomic E-state index is 0. The van der Waals surface area contributed by atoms with Crippen molar-refractivity contribution in [3.63, 3.8) is 0 Å². The number of hydrogen-bond donors (Lipinski definition) is 1. The molecule has 2 heterocycles. The first kappa shape index (κ1) is 38.7. The maximum absolute atomic E-state index is 14.2. The Morgan fingerprint density at radius 3 is 2.45 bits per heavy atom. The third kappa shape index (κ3) is 9.54. The van der Waals surface area contributed by atoms with E-state index in [-0.39, 0.29) is 60.9 Å². The second-order valence-electron chi connectivity index (χ2n) is 12.3. The highest BCUT2D eigenvalue weighted by atomic mass is 35.5. The highest BCUT2D eigenvalue weighted by Crippen LogP contribution is 2.44. The average Bonchev–Trinajstić information content (AvgIpc) is 3.56. The number of aliphatic carboxylic acids is 1. The van der Waals surface area contributed by atoms with Crippen LogP contribution in [0.1, 0.15) is 72.4 Å². The first-order valence-electron chi connectivity index (χ1n) is 14.8. The van der Waals surface area contributed by atoms with Crippen LogP contribution in [0.3, 0.4) is 0 Å². The van der Waals surface area contributed by atoms with Gasteiger partial charge in [0.25, 0.3) is 0 Å². The Morgan fingerprint density at radius 1 is 1.11 bits per heavy atom.